The van der Waals surface area contributed by atoms with Gasteiger partial charge in [0, 0.05) is 13.1 Å². The number of likely N-dealkylation sites (N-methyl/N-ethyl adjacent to an activating group) is 2. The van der Waals surface area contributed by atoms with E-state index in [0.29, 0.717) is 0 Å². The first kappa shape index (κ1) is 34.5. The monoisotopic (exact) mass is 535 g/mol. The maximum atomic E-state index is 6.00. The van der Waals surface area contributed by atoms with Crippen molar-refractivity contribution in [2.45, 2.75) is 34.6 Å². The van der Waals surface area contributed by atoms with E-state index in [4.69, 9.17) is 35.8 Å². The van der Waals surface area contributed by atoms with Crippen molar-refractivity contribution >= 4 is 25.3 Å². The second-order valence-electron chi connectivity index (χ2n) is 6.14. The molecular formula is C18H35N2NiO2RuS2+5. The quantitative estimate of drug-likeness (QED) is 0.184. The molecule has 2 radical (unpaired) electrons. The molecule has 0 spiro atoms. The van der Waals surface area contributed by atoms with E-state index < -0.39 is 0 Å². The summed E-state index contributed by atoms with van der Waals surface area (Å²) in [7, 11) is 4.21. The van der Waals surface area contributed by atoms with Crippen LogP contribution in [-0.4, -0.2) is 72.1 Å². The largest absolute Gasteiger partial charge is 5.00 e. The predicted octanol–water partition coefficient (Wildman–Crippen LogP) is 2.90. The summed E-state index contributed by atoms with van der Waals surface area (Å²) < 4.78 is 0. The van der Waals surface area contributed by atoms with E-state index in [-0.39, 0.29) is 36.0 Å². The summed E-state index contributed by atoms with van der Waals surface area (Å²) in [4.78, 5) is 4.51. The minimum atomic E-state index is 0. The Morgan fingerprint density at radius 3 is 1.19 bits per heavy atom. The van der Waals surface area contributed by atoms with Crippen molar-refractivity contribution in [1.82, 2.24) is 9.80 Å². The maximum Gasteiger partial charge on any atom is 5.00 e. The van der Waals surface area contributed by atoms with Crippen LogP contribution in [0.25, 0.3) is 0 Å². The Kier molecular flexibility index (Phi) is 27.5. The molecule has 0 saturated carbocycles. The number of hydrogen-bond donors (Lipinski definition) is 2. The van der Waals surface area contributed by atoms with Crippen molar-refractivity contribution < 1.29 is 46.5 Å². The van der Waals surface area contributed by atoms with Crippen LogP contribution in [0.2, 0.25) is 0 Å². The van der Waals surface area contributed by atoms with Gasteiger partial charge in [-0.3, -0.25) is 10.5 Å². The van der Waals surface area contributed by atoms with Crippen LogP contribution < -0.4 is 0 Å². The summed E-state index contributed by atoms with van der Waals surface area (Å²) in [5.74, 6) is 1.64. The average molecular weight is 535 g/mol. The van der Waals surface area contributed by atoms with Gasteiger partial charge in [0.05, 0.1) is 0 Å². The fraction of sp³-hybridized carbons (Fsp3) is 0.722. The molecule has 0 unspecified atom stereocenters. The van der Waals surface area contributed by atoms with Gasteiger partial charge in [0.1, 0.15) is 0 Å². The predicted molar refractivity (Wildman–Crippen MR) is 110 cm³/mol. The number of hydrogen-bond acceptors (Lipinski definition) is 6. The third-order valence-electron chi connectivity index (χ3n) is 4.62. The first-order valence-corrected chi connectivity index (χ1v) is 9.34. The van der Waals surface area contributed by atoms with E-state index >= 15 is 0 Å². The van der Waals surface area contributed by atoms with Gasteiger partial charge in [-0.25, -0.2) is 0 Å². The molecule has 0 aliphatic heterocycles. The molecule has 0 bridgehead atoms. The number of rotatable bonds is 7. The van der Waals surface area contributed by atoms with Crippen molar-refractivity contribution in [2.75, 3.05) is 51.8 Å². The van der Waals surface area contributed by atoms with Gasteiger partial charge in [-0.2, -0.15) is 39.3 Å². The SMILES string of the molecule is CN(CC[S-])CCN(C)CC[S-].Cc1c(C)c(C)[c-](C)c1C.OO.[Ni+3].[Ru+5]. The van der Waals surface area contributed by atoms with Crippen molar-refractivity contribution in [1.29, 1.82) is 0 Å². The van der Waals surface area contributed by atoms with Gasteiger partial charge in [-0.15, -0.1) is 0 Å². The van der Waals surface area contributed by atoms with Gasteiger partial charge < -0.3 is 35.1 Å². The second-order valence-corrected chi connectivity index (χ2v) is 6.96. The molecule has 0 amide bonds. The number of nitrogens with zero attached hydrogens (tertiary/aromatic N) is 2. The van der Waals surface area contributed by atoms with Crippen LogP contribution in [0.3, 0.4) is 0 Å². The zero-order chi connectivity index (χ0) is 19.3. The van der Waals surface area contributed by atoms with Crippen LogP contribution in [0.15, 0.2) is 0 Å². The van der Waals surface area contributed by atoms with Crippen LogP contribution in [0, 0.1) is 34.6 Å². The molecule has 0 atom stereocenters. The second kappa shape index (κ2) is 20.7. The maximum absolute atomic E-state index is 6.00. The summed E-state index contributed by atoms with van der Waals surface area (Å²) in [5.41, 5.74) is 7.34. The fourth-order valence-corrected chi connectivity index (χ4v) is 2.91. The normalized spacial score (nSPS) is 9.58. The Morgan fingerprint density at radius 1 is 0.769 bits per heavy atom. The van der Waals surface area contributed by atoms with E-state index in [1.54, 1.807) is 0 Å². The Hall–Kier alpha value is 1.01. The topological polar surface area (TPSA) is 46.9 Å². The van der Waals surface area contributed by atoms with E-state index in [9.17, 15) is 0 Å². The molecule has 26 heavy (non-hydrogen) atoms. The van der Waals surface area contributed by atoms with Gasteiger partial charge in [0.15, 0.2) is 0 Å². The minimum absolute atomic E-state index is 0. The molecule has 154 valence electrons. The third-order valence-corrected chi connectivity index (χ3v) is 4.99. The van der Waals surface area contributed by atoms with Crippen LogP contribution >= 0.6 is 0 Å². The van der Waals surface area contributed by atoms with Crippen LogP contribution in [-0.2, 0) is 61.2 Å². The first-order chi connectivity index (χ1) is 11.3. The summed E-state index contributed by atoms with van der Waals surface area (Å²) in [6.45, 7) is 15.2. The summed E-state index contributed by atoms with van der Waals surface area (Å²) >= 11 is 9.77. The van der Waals surface area contributed by atoms with Crippen molar-refractivity contribution in [3.8, 4) is 0 Å². The standard InChI is InChI=1S/C10H15.C8H20N2S2.Ni.H2O2.Ru/c1-6-7(2)9(4)10(5)8(6)3;1-9(5-7-11)3-4-10(2)6-8-12;;1-2;/h1-5H3;11-12H,3-8H2,1-2H3;;1-2H;/q-1;;+3;;+5/p-2. The van der Waals surface area contributed by atoms with E-state index in [2.05, 4.69) is 58.5 Å². The summed E-state index contributed by atoms with van der Waals surface area (Å²) in [6, 6.07) is 0. The Morgan fingerprint density at radius 2 is 1.04 bits per heavy atom. The van der Waals surface area contributed by atoms with Crippen LogP contribution in [0.1, 0.15) is 27.8 Å². The molecular weight excluding hydrogens is 500 g/mol. The fourth-order valence-electron chi connectivity index (χ4n) is 2.28. The third kappa shape index (κ3) is 14.1. The molecule has 1 aromatic carbocycles. The van der Waals surface area contributed by atoms with E-state index in [1.165, 1.54) is 27.8 Å². The zero-order valence-corrected chi connectivity index (χ0v) is 21.4. The van der Waals surface area contributed by atoms with Crippen molar-refractivity contribution in [3.05, 3.63) is 27.8 Å². The Balaban J connectivity index is -0.000000160. The first-order valence-electron chi connectivity index (χ1n) is 8.19. The molecule has 2 N–H and O–H groups in total. The molecule has 0 heterocycles. The van der Waals surface area contributed by atoms with Gasteiger partial charge in [-0.05, 0) is 27.2 Å². The van der Waals surface area contributed by atoms with Crippen LogP contribution in [0.4, 0.5) is 0 Å². The van der Waals surface area contributed by atoms with Crippen molar-refractivity contribution in [3.63, 3.8) is 0 Å². The Bertz CT molecular complexity index is 357. The molecule has 0 aliphatic rings. The van der Waals surface area contributed by atoms with Crippen LogP contribution in [0.5, 0.6) is 0 Å². The molecule has 1 rings (SSSR count). The smallest absolute Gasteiger partial charge is 0.791 e. The summed E-state index contributed by atoms with van der Waals surface area (Å²) in [5, 5.41) is 12.0. The zero-order valence-electron chi connectivity index (χ0n) is 17.0. The van der Waals surface area contributed by atoms with Crippen molar-refractivity contribution in [2.24, 2.45) is 0 Å². The molecule has 0 aromatic heterocycles. The minimum Gasteiger partial charge on any atom is -0.791 e. The van der Waals surface area contributed by atoms with Gasteiger partial charge >= 0.3 is 36.0 Å². The molecule has 8 heteroatoms. The molecule has 0 fully saturated rings. The Labute approximate surface area is 194 Å². The van der Waals surface area contributed by atoms with E-state index in [1.807, 2.05) is 0 Å². The van der Waals surface area contributed by atoms with Gasteiger partial charge in [0.2, 0.25) is 0 Å². The molecule has 1 aromatic rings. The average Bonchev–Trinajstić information content (AvgIpc) is 2.74. The van der Waals surface area contributed by atoms with Gasteiger partial charge in [-0.1, -0.05) is 34.6 Å². The molecule has 4 nitrogen and oxygen atoms in total. The van der Waals surface area contributed by atoms with E-state index in [0.717, 1.165) is 37.7 Å². The van der Waals surface area contributed by atoms with Gasteiger partial charge in [0.25, 0.3) is 0 Å². The summed E-state index contributed by atoms with van der Waals surface area (Å²) in [6.07, 6.45) is 0. The molecule has 0 aliphatic carbocycles. The molecule has 0 saturated heterocycles.